The first-order chi connectivity index (χ1) is 47.1. The van der Waals surface area contributed by atoms with Crippen LogP contribution >= 0.6 is 22.7 Å². The van der Waals surface area contributed by atoms with E-state index in [1.807, 2.05) is 22.7 Å². The van der Waals surface area contributed by atoms with E-state index in [9.17, 15) is 0 Å². The predicted octanol–water partition coefficient (Wildman–Crippen LogP) is 27.9. The van der Waals surface area contributed by atoms with E-state index in [-0.39, 0.29) is 21.7 Å². The Balaban J connectivity index is 0.950. The zero-order chi connectivity index (χ0) is 66.8. The van der Waals surface area contributed by atoms with Crippen LogP contribution in [0.25, 0.3) is 183 Å². The van der Waals surface area contributed by atoms with Gasteiger partial charge in [-0.2, -0.15) is 0 Å². The van der Waals surface area contributed by atoms with Crippen molar-refractivity contribution in [1.82, 2.24) is 8.80 Å². The van der Waals surface area contributed by atoms with Crippen molar-refractivity contribution in [3.05, 3.63) is 265 Å². The molecule has 98 heavy (non-hydrogen) atoms. The van der Waals surface area contributed by atoms with Crippen LogP contribution in [0.2, 0.25) is 0 Å². The van der Waals surface area contributed by atoms with Gasteiger partial charge in [0.2, 0.25) is 0 Å². The molecule has 0 bridgehead atoms. The van der Waals surface area contributed by atoms with Gasteiger partial charge in [-0.3, -0.25) is 0 Å². The van der Waals surface area contributed by atoms with Crippen LogP contribution < -0.4 is 0 Å². The SMILES string of the molecule is CC(C)(C)c1ccc(-c2cc(-c3ccc(C(C)(C)C)cc3)cc(-c3ccc4c5c6c(ccc5n5c7cc8c9c(-c%10cc(-c%11ccc(C(C)(C)C)cc%11)cc(-c%11ccc(C(C)(C)C)cc%11)c%10)ccc%10c%11c%12c(ccc%11n(c8cc7c3c45)c%109)sc3ccccc3%12)sc3ccccc36)c2)cc1. The van der Waals surface area contributed by atoms with E-state index in [2.05, 4.69) is 335 Å². The van der Waals surface area contributed by atoms with Gasteiger partial charge in [0.15, 0.2) is 0 Å². The Morgan fingerprint density at radius 1 is 0.214 bits per heavy atom. The van der Waals surface area contributed by atoms with E-state index < -0.39 is 0 Å². The Morgan fingerprint density at radius 3 is 0.837 bits per heavy atom. The van der Waals surface area contributed by atoms with E-state index in [1.54, 1.807) is 0 Å². The highest BCUT2D eigenvalue weighted by Crippen LogP contribution is 2.54. The Labute approximate surface area is 580 Å². The summed E-state index contributed by atoms with van der Waals surface area (Å²) in [6, 6.07) is 94.9. The molecular weight excluding hydrogens is 1220 g/mol. The summed E-state index contributed by atoms with van der Waals surface area (Å²) in [6.07, 6.45) is 0. The maximum absolute atomic E-state index is 2.67. The normalized spacial score (nSPS) is 13.1. The van der Waals surface area contributed by atoms with Crippen LogP contribution in [0.4, 0.5) is 0 Å². The molecular formula is C94H76N2S2. The largest absolute Gasteiger partial charge is 0.308 e. The molecule has 0 atom stereocenters. The summed E-state index contributed by atoms with van der Waals surface area (Å²) < 4.78 is 10.6. The van der Waals surface area contributed by atoms with Gasteiger partial charge in [-0.15, -0.1) is 22.7 Å². The van der Waals surface area contributed by atoms with E-state index in [0.29, 0.717) is 0 Å². The molecule has 19 aromatic rings. The Bertz CT molecular complexity index is 5960. The first-order valence-corrected chi connectivity index (χ1v) is 36.5. The number of hydrogen-bond donors (Lipinski definition) is 0. The molecule has 13 aromatic carbocycles. The lowest BCUT2D eigenvalue weighted by Crippen LogP contribution is -2.10. The molecule has 0 aliphatic rings. The average Bonchev–Trinajstić information content (AvgIpc) is 1.50. The van der Waals surface area contributed by atoms with Crippen LogP contribution in [-0.2, 0) is 21.7 Å². The molecule has 6 aromatic heterocycles. The highest BCUT2D eigenvalue weighted by Gasteiger charge is 2.30. The number of aromatic nitrogens is 2. The molecule has 0 aliphatic carbocycles. The van der Waals surface area contributed by atoms with Crippen molar-refractivity contribution < 1.29 is 0 Å². The fourth-order valence-electron chi connectivity index (χ4n) is 16.6. The number of rotatable bonds is 6. The van der Waals surface area contributed by atoms with Gasteiger partial charge in [-0.25, -0.2) is 0 Å². The summed E-state index contributed by atoms with van der Waals surface area (Å²) in [6.45, 7) is 27.7. The van der Waals surface area contributed by atoms with Crippen LogP contribution in [0.15, 0.2) is 243 Å². The minimum Gasteiger partial charge on any atom is -0.308 e. The summed E-state index contributed by atoms with van der Waals surface area (Å²) in [7, 11) is 0. The highest BCUT2D eigenvalue weighted by molar-refractivity contribution is 7.26. The fraction of sp³-hybridized carbons (Fsp3) is 0.170. The number of fused-ring (bicyclic) bond motifs is 20. The predicted molar refractivity (Wildman–Crippen MR) is 429 cm³/mol. The van der Waals surface area contributed by atoms with Crippen molar-refractivity contribution in [1.29, 1.82) is 0 Å². The second-order valence-electron chi connectivity index (χ2n) is 32.1. The molecule has 0 N–H and O–H groups in total. The summed E-state index contributed by atoms with van der Waals surface area (Å²) >= 11 is 3.81. The minimum atomic E-state index is 0.0341. The third-order valence-electron chi connectivity index (χ3n) is 21.8. The van der Waals surface area contributed by atoms with Gasteiger partial charge in [-0.05, 0) is 196 Å². The van der Waals surface area contributed by atoms with Crippen molar-refractivity contribution in [3.63, 3.8) is 0 Å². The smallest absolute Gasteiger partial charge is 0.0627 e. The van der Waals surface area contributed by atoms with Crippen LogP contribution in [0.3, 0.4) is 0 Å². The van der Waals surface area contributed by atoms with Crippen molar-refractivity contribution in [3.8, 4) is 66.8 Å². The number of nitrogens with zero attached hydrogens (tertiary/aromatic N) is 2. The lowest BCUT2D eigenvalue weighted by molar-refractivity contribution is 0.590. The van der Waals surface area contributed by atoms with E-state index in [1.165, 1.54) is 206 Å². The third-order valence-corrected chi connectivity index (χ3v) is 24.1. The molecule has 0 saturated heterocycles. The maximum atomic E-state index is 2.67. The van der Waals surface area contributed by atoms with Crippen molar-refractivity contribution >= 4 is 139 Å². The average molecular weight is 1300 g/mol. The molecule has 0 amide bonds. The van der Waals surface area contributed by atoms with Gasteiger partial charge in [0.05, 0.1) is 33.1 Å². The third kappa shape index (κ3) is 8.89. The molecule has 4 heteroatoms. The van der Waals surface area contributed by atoms with Gasteiger partial charge in [0.1, 0.15) is 0 Å². The molecule has 0 unspecified atom stereocenters. The standard InChI is InChI=1S/C94H76N2S2/c1-91(2,3)63-29-21-53(22-30-63)57-45-58(54-23-31-64(32-24-54)92(4,5)6)48-61(47-57)67-37-39-71-85-75(41-43-81-87(85)69-17-13-15-19-79(69)97-81)95-77-52-74-78(51-73(77)83(67)89(71)95)96-76-42-44-82-88(70-18-14-16-20-80(70)98-82)86(76)72-40-38-68(84(74)90(72)96)62-49-59(55-25-33-65(34-26-55)93(7,8)9)46-60(50-62)56-27-35-66(36-28-56)94(10,11)12/h13-52H,1-12H3. The number of hydrogen-bond acceptors (Lipinski definition) is 2. The fourth-order valence-corrected chi connectivity index (χ4v) is 18.8. The number of benzene rings is 13. The lowest BCUT2D eigenvalue weighted by atomic mass is 9.85. The first kappa shape index (κ1) is 59.2. The van der Waals surface area contributed by atoms with Crippen LogP contribution in [-0.4, -0.2) is 8.80 Å². The van der Waals surface area contributed by atoms with Crippen molar-refractivity contribution in [2.45, 2.75) is 105 Å². The van der Waals surface area contributed by atoms with Gasteiger partial charge in [0.25, 0.3) is 0 Å². The lowest BCUT2D eigenvalue weighted by Gasteiger charge is -2.20. The first-order valence-electron chi connectivity index (χ1n) is 34.9. The molecule has 0 spiro atoms. The second kappa shape index (κ2) is 20.7. The van der Waals surface area contributed by atoms with E-state index in [4.69, 9.17) is 0 Å². The van der Waals surface area contributed by atoms with E-state index in [0.717, 1.165) is 0 Å². The summed E-state index contributed by atoms with van der Waals surface area (Å²) in [4.78, 5) is 0. The van der Waals surface area contributed by atoms with Gasteiger partial charge in [-0.1, -0.05) is 241 Å². The minimum absolute atomic E-state index is 0.0341. The molecule has 0 saturated carbocycles. The molecule has 19 rings (SSSR count). The van der Waals surface area contributed by atoms with Crippen molar-refractivity contribution in [2.24, 2.45) is 0 Å². The summed E-state index contributed by atoms with van der Waals surface area (Å²) in [5.41, 5.74) is 27.4. The topological polar surface area (TPSA) is 8.82 Å². The van der Waals surface area contributed by atoms with Crippen LogP contribution in [0.5, 0.6) is 0 Å². The molecule has 0 fully saturated rings. The molecule has 0 radical (unpaired) electrons. The molecule has 474 valence electrons. The van der Waals surface area contributed by atoms with Crippen molar-refractivity contribution in [2.75, 3.05) is 0 Å². The zero-order valence-corrected chi connectivity index (χ0v) is 59.4. The molecule has 2 nitrogen and oxygen atoms in total. The summed E-state index contributed by atoms with van der Waals surface area (Å²) in [5, 5.41) is 15.6. The maximum Gasteiger partial charge on any atom is 0.0627 e. The van der Waals surface area contributed by atoms with Gasteiger partial charge < -0.3 is 8.80 Å². The van der Waals surface area contributed by atoms with Crippen LogP contribution in [0, 0.1) is 0 Å². The zero-order valence-electron chi connectivity index (χ0n) is 57.8. The second-order valence-corrected chi connectivity index (χ2v) is 34.3. The monoisotopic (exact) mass is 1300 g/mol. The Hall–Kier alpha value is -10.1. The van der Waals surface area contributed by atoms with E-state index >= 15 is 0 Å². The van der Waals surface area contributed by atoms with Crippen LogP contribution in [0.1, 0.15) is 105 Å². The number of thiophene rings is 2. The molecule has 0 aliphatic heterocycles. The highest BCUT2D eigenvalue weighted by atomic mass is 32.1. The van der Waals surface area contributed by atoms with Gasteiger partial charge in [0, 0.05) is 83.4 Å². The van der Waals surface area contributed by atoms with Gasteiger partial charge >= 0.3 is 0 Å². The quantitative estimate of drug-likeness (QED) is 0.157. The molecule has 6 heterocycles. The summed E-state index contributed by atoms with van der Waals surface area (Å²) in [5.74, 6) is 0. The Morgan fingerprint density at radius 2 is 0.520 bits per heavy atom. The Kier molecular flexibility index (Phi) is 12.5.